The van der Waals surface area contributed by atoms with Crippen LogP contribution in [0.5, 0.6) is 0 Å². The average Bonchev–Trinajstić information content (AvgIpc) is 3.41. The maximum Gasteiger partial charge on any atom is 0.490 e. The minimum absolute atomic E-state index is 0.144. The molecular weight excluding hydrogens is 463 g/mol. The molecule has 2 aromatic rings. The van der Waals surface area contributed by atoms with E-state index in [1.165, 1.54) is 11.3 Å². The number of hydrogen-bond donors (Lipinski definition) is 2. The molecule has 4 rings (SSSR count). The van der Waals surface area contributed by atoms with Gasteiger partial charge in [0.2, 0.25) is 10.0 Å². The zero-order valence-electron chi connectivity index (χ0n) is 18.2. The summed E-state index contributed by atoms with van der Waals surface area (Å²) in [6.45, 7) is 4.20. The Hall–Kier alpha value is -2.38. The molecule has 1 atom stereocenters. The molecule has 0 amide bonds. The van der Waals surface area contributed by atoms with Gasteiger partial charge >= 0.3 is 12.1 Å². The number of carboxylic acid groups (broad SMARTS) is 1. The molecule has 2 N–H and O–H groups in total. The van der Waals surface area contributed by atoms with E-state index >= 15 is 0 Å². The van der Waals surface area contributed by atoms with Gasteiger partial charge in [0.05, 0.1) is 11.4 Å². The van der Waals surface area contributed by atoms with Crippen LogP contribution in [0.15, 0.2) is 30.7 Å². The molecule has 0 radical (unpaired) electrons. The van der Waals surface area contributed by atoms with Crippen LogP contribution >= 0.6 is 0 Å². The number of carboxylic acids is 1. The normalized spacial score (nSPS) is 19.3. The lowest BCUT2D eigenvalue weighted by molar-refractivity contribution is -0.192. The van der Waals surface area contributed by atoms with Crippen LogP contribution in [-0.2, 0) is 41.5 Å². The number of aromatic nitrogens is 3. The third kappa shape index (κ3) is 7.57. The van der Waals surface area contributed by atoms with Crippen LogP contribution < -0.4 is 4.72 Å². The number of halogens is 3. The summed E-state index contributed by atoms with van der Waals surface area (Å²) in [7, 11) is -1.15. The van der Waals surface area contributed by atoms with Gasteiger partial charge in [-0.1, -0.05) is 0 Å². The second-order valence-electron chi connectivity index (χ2n) is 8.44. The predicted octanol–water partition coefficient (Wildman–Crippen LogP) is 1.96. The Kier molecular flexibility index (Phi) is 7.85. The van der Waals surface area contributed by atoms with E-state index in [0.29, 0.717) is 12.5 Å². The number of carbonyl (C=O) groups is 1. The van der Waals surface area contributed by atoms with Gasteiger partial charge in [0.1, 0.15) is 0 Å². The summed E-state index contributed by atoms with van der Waals surface area (Å²) >= 11 is 0. The van der Waals surface area contributed by atoms with E-state index in [1.54, 1.807) is 0 Å². The zero-order valence-corrected chi connectivity index (χ0v) is 19.0. The molecule has 1 aliphatic carbocycles. The molecule has 33 heavy (non-hydrogen) atoms. The van der Waals surface area contributed by atoms with Crippen molar-refractivity contribution >= 4 is 16.0 Å². The van der Waals surface area contributed by atoms with Gasteiger partial charge in [-0.15, -0.1) is 0 Å². The Balaban J connectivity index is 0.000000383. The van der Waals surface area contributed by atoms with Crippen LogP contribution in [0.2, 0.25) is 0 Å². The molecule has 0 saturated heterocycles. The number of hydrogen-bond acceptors (Lipinski definition) is 5. The van der Waals surface area contributed by atoms with Crippen molar-refractivity contribution in [3.8, 4) is 0 Å². The quantitative estimate of drug-likeness (QED) is 0.613. The molecule has 184 valence electrons. The zero-order chi connectivity index (χ0) is 24.2. The van der Waals surface area contributed by atoms with Crippen LogP contribution in [0.1, 0.15) is 30.5 Å². The Bertz CT molecular complexity index is 1050. The fourth-order valence-corrected chi connectivity index (χ4v) is 5.18. The second-order valence-corrected chi connectivity index (χ2v) is 10.5. The second kappa shape index (κ2) is 10.3. The Morgan fingerprint density at radius 2 is 2.00 bits per heavy atom. The van der Waals surface area contributed by atoms with Crippen molar-refractivity contribution in [3.05, 3.63) is 42.0 Å². The molecule has 1 unspecified atom stereocenters. The van der Waals surface area contributed by atoms with E-state index in [4.69, 9.17) is 9.90 Å². The number of alkyl halides is 3. The standard InChI is InChI=1S/C18H27N5O2S.C2HF3O2/c1-21-10-16(9-19-21)12-22-11-15(13-23-8-2-3-17(23)14-22)6-7-20-26(24,25)18-4-5-18;3-2(4,5)1(6)7/h2-3,8-10,15,18,20H,4-7,11-14H2,1H3;(H,6,7). The summed E-state index contributed by atoms with van der Waals surface area (Å²) in [5, 5.41) is 11.2. The monoisotopic (exact) mass is 491 g/mol. The van der Waals surface area contributed by atoms with Gasteiger partial charge < -0.3 is 9.67 Å². The minimum atomic E-state index is -5.08. The summed E-state index contributed by atoms with van der Waals surface area (Å²) in [6.07, 6.45) is 3.50. The van der Waals surface area contributed by atoms with Gasteiger partial charge in [-0.05, 0) is 37.3 Å². The van der Waals surface area contributed by atoms with Crippen LogP contribution in [0.4, 0.5) is 13.2 Å². The number of aryl methyl sites for hydroxylation is 1. The van der Waals surface area contributed by atoms with Gasteiger partial charge in [-0.2, -0.15) is 18.3 Å². The number of nitrogens with zero attached hydrogens (tertiary/aromatic N) is 4. The van der Waals surface area contributed by atoms with E-state index in [9.17, 15) is 21.6 Å². The molecular formula is C20H28F3N5O4S. The molecule has 2 aliphatic rings. The SMILES string of the molecule is Cn1cc(CN2Cc3cccn3CC(CCNS(=O)(=O)C3CC3)C2)cn1.O=C(O)C(F)(F)F. The molecule has 9 nitrogen and oxygen atoms in total. The maximum absolute atomic E-state index is 12.0. The molecule has 1 fully saturated rings. The minimum Gasteiger partial charge on any atom is -0.475 e. The summed E-state index contributed by atoms with van der Waals surface area (Å²) in [6, 6.07) is 4.27. The first-order chi connectivity index (χ1) is 15.4. The smallest absolute Gasteiger partial charge is 0.475 e. The molecule has 1 saturated carbocycles. The summed E-state index contributed by atoms with van der Waals surface area (Å²) in [4.78, 5) is 11.3. The maximum atomic E-state index is 12.0. The van der Waals surface area contributed by atoms with E-state index in [-0.39, 0.29) is 5.25 Å². The number of fused-ring (bicyclic) bond motifs is 1. The number of nitrogens with one attached hydrogen (secondary N) is 1. The largest absolute Gasteiger partial charge is 0.490 e. The van der Waals surface area contributed by atoms with Gasteiger partial charge in [0.15, 0.2) is 0 Å². The molecule has 0 spiro atoms. The fourth-order valence-electron chi connectivity index (χ4n) is 3.78. The van der Waals surface area contributed by atoms with Gasteiger partial charge in [-0.25, -0.2) is 17.9 Å². The molecule has 3 heterocycles. The lowest BCUT2D eigenvalue weighted by Gasteiger charge is -2.23. The van der Waals surface area contributed by atoms with Gasteiger partial charge in [0.25, 0.3) is 0 Å². The highest BCUT2D eigenvalue weighted by molar-refractivity contribution is 7.90. The molecule has 0 bridgehead atoms. The third-order valence-electron chi connectivity index (χ3n) is 5.51. The third-order valence-corrected chi connectivity index (χ3v) is 7.46. The van der Waals surface area contributed by atoms with Crippen molar-refractivity contribution in [2.24, 2.45) is 13.0 Å². The topological polar surface area (TPSA) is 109 Å². The first-order valence-electron chi connectivity index (χ1n) is 10.6. The Labute approximate surface area is 190 Å². The van der Waals surface area contributed by atoms with Crippen LogP contribution in [0, 0.1) is 5.92 Å². The van der Waals surface area contributed by atoms with Crippen LogP contribution in [-0.4, -0.2) is 63.3 Å². The number of aliphatic carboxylic acids is 1. The highest BCUT2D eigenvalue weighted by Crippen LogP contribution is 2.27. The van der Waals surface area contributed by atoms with Crippen molar-refractivity contribution in [1.82, 2.24) is 24.0 Å². The highest BCUT2D eigenvalue weighted by atomic mass is 32.2. The fraction of sp³-hybridized carbons (Fsp3) is 0.600. The first-order valence-corrected chi connectivity index (χ1v) is 12.1. The molecule has 13 heteroatoms. The van der Waals surface area contributed by atoms with Gasteiger partial charge in [0, 0.05) is 63.4 Å². The van der Waals surface area contributed by atoms with E-state index < -0.39 is 22.2 Å². The molecule has 1 aliphatic heterocycles. The summed E-state index contributed by atoms with van der Waals surface area (Å²) in [5.41, 5.74) is 2.52. The highest BCUT2D eigenvalue weighted by Gasteiger charge is 2.38. The summed E-state index contributed by atoms with van der Waals surface area (Å²) in [5.74, 6) is -2.34. The van der Waals surface area contributed by atoms with Crippen molar-refractivity contribution in [2.45, 2.75) is 50.3 Å². The Morgan fingerprint density at radius 1 is 1.30 bits per heavy atom. The lowest BCUT2D eigenvalue weighted by Crippen LogP contribution is -2.32. The average molecular weight is 492 g/mol. The van der Waals surface area contributed by atoms with Gasteiger partial charge in [-0.3, -0.25) is 9.58 Å². The first kappa shape index (κ1) is 25.2. The van der Waals surface area contributed by atoms with Crippen molar-refractivity contribution in [2.75, 3.05) is 13.1 Å². The summed E-state index contributed by atoms with van der Waals surface area (Å²) < 4.78 is 62.7. The van der Waals surface area contributed by atoms with Crippen LogP contribution in [0.25, 0.3) is 0 Å². The lowest BCUT2D eigenvalue weighted by atomic mass is 10.1. The predicted molar refractivity (Wildman–Crippen MR) is 113 cm³/mol. The number of rotatable bonds is 7. The van der Waals surface area contributed by atoms with Crippen molar-refractivity contribution in [3.63, 3.8) is 0 Å². The van der Waals surface area contributed by atoms with E-state index in [0.717, 1.165) is 45.4 Å². The van der Waals surface area contributed by atoms with E-state index in [1.807, 2.05) is 17.9 Å². The Morgan fingerprint density at radius 3 is 2.58 bits per heavy atom. The molecule has 0 aromatic carbocycles. The molecule has 2 aromatic heterocycles. The van der Waals surface area contributed by atoms with Crippen molar-refractivity contribution in [1.29, 1.82) is 0 Å². The van der Waals surface area contributed by atoms with E-state index in [2.05, 4.69) is 43.8 Å². The van der Waals surface area contributed by atoms with Crippen LogP contribution in [0.3, 0.4) is 0 Å². The number of sulfonamides is 1. The van der Waals surface area contributed by atoms with Crippen molar-refractivity contribution < 1.29 is 31.5 Å².